The molecule has 126 valence electrons. The summed E-state index contributed by atoms with van der Waals surface area (Å²) in [6.07, 6.45) is 3.49. The van der Waals surface area contributed by atoms with Crippen molar-refractivity contribution in [1.82, 2.24) is 20.1 Å². The van der Waals surface area contributed by atoms with Gasteiger partial charge in [-0.1, -0.05) is 30.3 Å². The van der Waals surface area contributed by atoms with Gasteiger partial charge in [0.25, 0.3) is 0 Å². The van der Waals surface area contributed by atoms with E-state index in [1.54, 1.807) is 12.4 Å². The molecule has 5 nitrogen and oxygen atoms in total. The van der Waals surface area contributed by atoms with E-state index in [0.717, 1.165) is 38.3 Å². The van der Waals surface area contributed by atoms with Gasteiger partial charge in [-0.15, -0.1) is 0 Å². The number of pyridine rings is 1. The quantitative estimate of drug-likeness (QED) is 0.875. The molecule has 1 aliphatic rings. The molecule has 1 N–H and O–H groups in total. The molecule has 3 rings (SSSR count). The molecule has 0 unspecified atom stereocenters. The molecule has 2 heterocycles. The number of piperazine rings is 1. The summed E-state index contributed by atoms with van der Waals surface area (Å²) < 4.78 is 0. The standard InChI is InChI=1S/C19H24N4O/c24-19(21-14-17-6-8-20-9-7-17)16-23-12-10-22(11-13-23)15-18-4-2-1-3-5-18/h1-9H,10-16H2,(H,21,24). The number of benzene rings is 1. The number of nitrogens with zero attached hydrogens (tertiary/aromatic N) is 3. The van der Waals surface area contributed by atoms with Crippen LogP contribution in [0, 0.1) is 0 Å². The molecule has 1 fully saturated rings. The van der Waals surface area contributed by atoms with Crippen LogP contribution in [-0.4, -0.2) is 53.4 Å². The van der Waals surface area contributed by atoms with Gasteiger partial charge in [-0.2, -0.15) is 0 Å². The average molecular weight is 324 g/mol. The van der Waals surface area contributed by atoms with Crippen molar-refractivity contribution in [2.75, 3.05) is 32.7 Å². The number of carbonyl (C=O) groups is 1. The van der Waals surface area contributed by atoms with Crippen LogP contribution >= 0.6 is 0 Å². The number of amides is 1. The molecule has 0 bridgehead atoms. The zero-order valence-electron chi connectivity index (χ0n) is 13.9. The van der Waals surface area contributed by atoms with Crippen LogP contribution in [-0.2, 0) is 17.9 Å². The van der Waals surface area contributed by atoms with Crippen molar-refractivity contribution in [1.29, 1.82) is 0 Å². The van der Waals surface area contributed by atoms with E-state index in [4.69, 9.17) is 0 Å². The molecule has 0 spiro atoms. The molecule has 1 aromatic carbocycles. The SMILES string of the molecule is O=C(CN1CCN(Cc2ccccc2)CC1)NCc1ccncc1. The van der Waals surface area contributed by atoms with Crippen LogP contribution in [0.25, 0.3) is 0 Å². The van der Waals surface area contributed by atoms with E-state index < -0.39 is 0 Å². The van der Waals surface area contributed by atoms with Crippen LogP contribution in [0.2, 0.25) is 0 Å². The average Bonchev–Trinajstić information content (AvgIpc) is 2.63. The molecule has 1 aliphatic heterocycles. The first kappa shape index (κ1) is 16.6. The molecule has 0 radical (unpaired) electrons. The lowest BCUT2D eigenvalue weighted by Crippen LogP contribution is -2.49. The van der Waals surface area contributed by atoms with Crippen molar-refractivity contribution >= 4 is 5.91 Å². The summed E-state index contributed by atoms with van der Waals surface area (Å²) in [7, 11) is 0. The topological polar surface area (TPSA) is 48.5 Å². The predicted octanol–water partition coefficient (Wildman–Crippen LogP) is 1.52. The van der Waals surface area contributed by atoms with E-state index in [1.165, 1.54) is 5.56 Å². The molecular formula is C19H24N4O. The van der Waals surface area contributed by atoms with Crippen molar-refractivity contribution in [2.24, 2.45) is 0 Å². The summed E-state index contributed by atoms with van der Waals surface area (Å²) >= 11 is 0. The number of hydrogen-bond donors (Lipinski definition) is 1. The monoisotopic (exact) mass is 324 g/mol. The number of nitrogens with one attached hydrogen (secondary N) is 1. The van der Waals surface area contributed by atoms with Gasteiger partial charge in [0.15, 0.2) is 0 Å². The van der Waals surface area contributed by atoms with E-state index in [1.807, 2.05) is 18.2 Å². The van der Waals surface area contributed by atoms with Gasteiger partial charge in [0.2, 0.25) is 5.91 Å². The van der Waals surface area contributed by atoms with Gasteiger partial charge in [-0.05, 0) is 23.3 Å². The van der Waals surface area contributed by atoms with Crippen LogP contribution in [0.5, 0.6) is 0 Å². The maximum atomic E-state index is 12.1. The highest BCUT2D eigenvalue weighted by Gasteiger charge is 2.18. The number of hydrogen-bond acceptors (Lipinski definition) is 4. The lowest BCUT2D eigenvalue weighted by molar-refractivity contribution is -0.122. The Kier molecular flexibility index (Phi) is 5.93. The van der Waals surface area contributed by atoms with Gasteiger partial charge in [0.1, 0.15) is 0 Å². The van der Waals surface area contributed by atoms with Crippen LogP contribution in [0.1, 0.15) is 11.1 Å². The highest BCUT2D eigenvalue weighted by atomic mass is 16.2. The Balaban J connectivity index is 1.36. The minimum atomic E-state index is 0.0864. The fourth-order valence-electron chi connectivity index (χ4n) is 2.91. The Hall–Kier alpha value is -2.24. The van der Waals surface area contributed by atoms with Gasteiger partial charge >= 0.3 is 0 Å². The maximum absolute atomic E-state index is 12.1. The second kappa shape index (κ2) is 8.57. The third kappa shape index (κ3) is 5.15. The largest absolute Gasteiger partial charge is 0.351 e. The summed E-state index contributed by atoms with van der Waals surface area (Å²) in [5.41, 5.74) is 2.42. The van der Waals surface area contributed by atoms with Crippen molar-refractivity contribution in [3.63, 3.8) is 0 Å². The Morgan fingerprint density at radius 1 is 0.917 bits per heavy atom. The van der Waals surface area contributed by atoms with E-state index in [2.05, 4.69) is 44.4 Å². The Morgan fingerprint density at radius 2 is 1.58 bits per heavy atom. The summed E-state index contributed by atoms with van der Waals surface area (Å²) in [5, 5.41) is 2.98. The molecule has 1 saturated heterocycles. The van der Waals surface area contributed by atoms with E-state index in [9.17, 15) is 4.79 Å². The third-order valence-electron chi connectivity index (χ3n) is 4.32. The van der Waals surface area contributed by atoms with Gasteiger partial charge in [-0.25, -0.2) is 0 Å². The van der Waals surface area contributed by atoms with E-state index in [0.29, 0.717) is 13.1 Å². The van der Waals surface area contributed by atoms with Crippen molar-refractivity contribution in [3.05, 3.63) is 66.0 Å². The summed E-state index contributed by atoms with van der Waals surface area (Å²) in [4.78, 5) is 20.7. The summed E-state index contributed by atoms with van der Waals surface area (Å²) in [5.74, 6) is 0.0864. The van der Waals surface area contributed by atoms with Gasteiger partial charge in [0, 0.05) is 51.7 Å². The van der Waals surface area contributed by atoms with Crippen LogP contribution in [0.15, 0.2) is 54.9 Å². The van der Waals surface area contributed by atoms with Crippen LogP contribution in [0.4, 0.5) is 0 Å². The van der Waals surface area contributed by atoms with Gasteiger partial charge < -0.3 is 5.32 Å². The molecule has 0 atom stereocenters. The third-order valence-corrected chi connectivity index (χ3v) is 4.32. The first-order valence-corrected chi connectivity index (χ1v) is 8.44. The van der Waals surface area contributed by atoms with Crippen molar-refractivity contribution in [3.8, 4) is 0 Å². The second-order valence-electron chi connectivity index (χ2n) is 6.17. The molecule has 1 aromatic heterocycles. The molecule has 24 heavy (non-hydrogen) atoms. The number of aromatic nitrogens is 1. The second-order valence-corrected chi connectivity index (χ2v) is 6.17. The van der Waals surface area contributed by atoms with Gasteiger partial charge in [0.05, 0.1) is 6.54 Å². The fourth-order valence-corrected chi connectivity index (χ4v) is 2.91. The smallest absolute Gasteiger partial charge is 0.234 e. The first-order chi connectivity index (χ1) is 11.8. The fraction of sp³-hybridized carbons (Fsp3) is 0.368. The maximum Gasteiger partial charge on any atom is 0.234 e. The molecule has 1 amide bonds. The number of carbonyl (C=O) groups excluding carboxylic acids is 1. The van der Waals surface area contributed by atoms with E-state index in [-0.39, 0.29) is 5.91 Å². The normalized spacial score (nSPS) is 16.0. The minimum Gasteiger partial charge on any atom is -0.351 e. The Morgan fingerprint density at radius 3 is 2.29 bits per heavy atom. The molecule has 2 aromatic rings. The van der Waals surface area contributed by atoms with Crippen molar-refractivity contribution in [2.45, 2.75) is 13.1 Å². The highest BCUT2D eigenvalue weighted by molar-refractivity contribution is 5.78. The zero-order valence-corrected chi connectivity index (χ0v) is 13.9. The molecule has 0 saturated carbocycles. The predicted molar refractivity (Wildman–Crippen MR) is 94.2 cm³/mol. The molecule has 5 heteroatoms. The summed E-state index contributed by atoms with van der Waals surface area (Å²) in [6.45, 7) is 5.92. The lowest BCUT2D eigenvalue weighted by atomic mass is 10.2. The Bertz CT molecular complexity index is 624. The highest BCUT2D eigenvalue weighted by Crippen LogP contribution is 2.08. The lowest BCUT2D eigenvalue weighted by Gasteiger charge is -2.34. The van der Waals surface area contributed by atoms with Crippen LogP contribution < -0.4 is 5.32 Å². The van der Waals surface area contributed by atoms with Gasteiger partial charge in [-0.3, -0.25) is 19.6 Å². The molecule has 0 aliphatic carbocycles. The van der Waals surface area contributed by atoms with E-state index >= 15 is 0 Å². The first-order valence-electron chi connectivity index (χ1n) is 8.44. The van der Waals surface area contributed by atoms with Crippen LogP contribution in [0.3, 0.4) is 0 Å². The molecular weight excluding hydrogens is 300 g/mol. The summed E-state index contributed by atoms with van der Waals surface area (Å²) in [6, 6.07) is 14.4. The Labute approximate surface area is 143 Å². The zero-order chi connectivity index (χ0) is 16.6. The number of rotatable bonds is 6. The minimum absolute atomic E-state index is 0.0864. The van der Waals surface area contributed by atoms with Crippen molar-refractivity contribution < 1.29 is 4.79 Å².